The third-order valence-corrected chi connectivity index (χ3v) is 2.92. The minimum absolute atomic E-state index is 0.184. The van der Waals surface area contributed by atoms with Crippen molar-refractivity contribution in [3.63, 3.8) is 0 Å². The molecule has 0 aliphatic heterocycles. The van der Waals surface area contributed by atoms with E-state index in [0.29, 0.717) is 24.8 Å². The second kappa shape index (κ2) is 6.04. The zero-order chi connectivity index (χ0) is 12.9. The van der Waals surface area contributed by atoms with E-state index in [-0.39, 0.29) is 11.4 Å². The van der Waals surface area contributed by atoms with E-state index in [1.54, 1.807) is 6.92 Å². The van der Waals surface area contributed by atoms with E-state index in [2.05, 4.69) is 39.2 Å². The molecule has 0 spiro atoms. The van der Waals surface area contributed by atoms with E-state index < -0.39 is 0 Å². The van der Waals surface area contributed by atoms with Crippen molar-refractivity contribution in [3.8, 4) is 0 Å². The number of hydrogen-bond acceptors (Lipinski definition) is 3. The first-order valence-electron chi connectivity index (χ1n) is 5.75. The lowest BCUT2D eigenvalue weighted by molar-refractivity contribution is -0.138. The minimum Gasteiger partial charge on any atom is -0.463 e. The first-order chi connectivity index (χ1) is 7.20. The highest BCUT2D eigenvalue weighted by Gasteiger charge is 2.25. The zero-order valence-electron chi connectivity index (χ0n) is 11.5. The number of carbonyl (C=O) groups is 1. The Hall–Kier alpha value is -0.830. The fourth-order valence-electron chi connectivity index (χ4n) is 1.40. The topological polar surface area (TPSA) is 29.5 Å². The van der Waals surface area contributed by atoms with Crippen LogP contribution in [0.5, 0.6) is 0 Å². The Bertz CT molecular complexity index is 253. The maximum Gasteiger partial charge on any atom is 0.334 e. The van der Waals surface area contributed by atoms with Crippen LogP contribution >= 0.6 is 0 Å². The molecule has 16 heavy (non-hydrogen) atoms. The van der Waals surface area contributed by atoms with Crippen LogP contribution in [0.15, 0.2) is 12.2 Å². The van der Waals surface area contributed by atoms with E-state index in [1.165, 1.54) is 0 Å². The SMILES string of the molecule is C=C(CN(C)C(C)C(C)(C)C)C(=O)OCC. The molecule has 0 saturated carbocycles. The number of hydrogen-bond donors (Lipinski definition) is 0. The molecule has 0 N–H and O–H groups in total. The first kappa shape index (κ1) is 15.2. The van der Waals surface area contributed by atoms with Gasteiger partial charge in [0.1, 0.15) is 0 Å². The third-order valence-electron chi connectivity index (χ3n) is 2.92. The maximum absolute atomic E-state index is 11.4. The molecule has 0 fully saturated rings. The lowest BCUT2D eigenvalue weighted by atomic mass is 9.87. The Morgan fingerprint density at radius 1 is 1.44 bits per heavy atom. The molecule has 0 rings (SSSR count). The summed E-state index contributed by atoms with van der Waals surface area (Å²) in [5.74, 6) is -0.296. The third kappa shape index (κ3) is 4.79. The van der Waals surface area contributed by atoms with E-state index in [0.717, 1.165) is 0 Å². The van der Waals surface area contributed by atoms with E-state index >= 15 is 0 Å². The predicted molar refractivity (Wildman–Crippen MR) is 67.3 cm³/mol. The van der Waals surface area contributed by atoms with Gasteiger partial charge in [-0.15, -0.1) is 0 Å². The standard InChI is InChI=1S/C13H25NO2/c1-8-16-12(15)10(2)9-14(7)11(3)13(4,5)6/h11H,2,8-9H2,1,3-7H3. The van der Waals surface area contributed by atoms with Crippen molar-refractivity contribution in [1.29, 1.82) is 0 Å². The van der Waals surface area contributed by atoms with Gasteiger partial charge >= 0.3 is 5.97 Å². The Balaban J connectivity index is 4.30. The van der Waals surface area contributed by atoms with Gasteiger partial charge in [0.2, 0.25) is 0 Å². The quantitative estimate of drug-likeness (QED) is 0.534. The van der Waals surface area contributed by atoms with E-state index in [4.69, 9.17) is 4.74 Å². The second-order valence-corrected chi connectivity index (χ2v) is 5.28. The molecule has 0 amide bonds. The molecule has 94 valence electrons. The minimum atomic E-state index is -0.296. The van der Waals surface area contributed by atoms with Gasteiger partial charge in [0.25, 0.3) is 0 Å². The van der Waals surface area contributed by atoms with Gasteiger partial charge in [-0.25, -0.2) is 4.79 Å². The summed E-state index contributed by atoms with van der Waals surface area (Å²) in [6.07, 6.45) is 0. The van der Waals surface area contributed by atoms with Crippen LogP contribution in [0.1, 0.15) is 34.6 Å². The Labute approximate surface area is 99.5 Å². The number of esters is 1. The molecule has 0 aliphatic carbocycles. The molecule has 3 nitrogen and oxygen atoms in total. The molecule has 1 atom stereocenters. The summed E-state index contributed by atoms with van der Waals surface area (Å²) in [4.78, 5) is 13.5. The van der Waals surface area contributed by atoms with Crippen LogP contribution in [-0.2, 0) is 9.53 Å². The summed E-state index contributed by atoms with van der Waals surface area (Å²) in [5, 5.41) is 0. The molecule has 0 aromatic heterocycles. The number of rotatable bonds is 5. The highest BCUT2D eigenvalue weighted by Crippen LogP contribution is 2.23. The number of likely N-dealkylation sites (N-methyl/N-ethyl adjacent to an activating group) is 1. The van der Waals surface area contributed by atoms with Gasteiger partial charge in [0, 0.05) is 18.2 Å². The Morgan fingerprint density at radius 3 is 2.31 bits per heavy atom. The van der Waals surface area contributed by atoms with Crippen molar-refractivity contribution in [2.75, 3.05) is 20.2 Å². The van der Waals surface area contributed by atoms with Crippen LogP contribution in [0.3, 0.4) is 0 Å². The number of nitrogens with zero attached hydrogens (tertiary/aromatic N) is 1. The normalized spacial score (nSPS) is 13.7. The van der Waals surface area contributed by atoms with Crippen LogP contribution in [0.25, 0.3) is 0 Å². The van der Waals surface area contributed by atoms with Gasteiger partial charge in [-0.05, 0) is 26.3 Å². The van der Waals surface area contributed by atoms with Gasteiger partial charge in [-0.1, -0.05) is 27.4 Å². The number of ether oxygens (including phenoxy) is 1. The molecular weight excluding hydrogens is 202 g/mol. The summed E-state index contributed by atoms with van der Waals surface area (Å²) in [7, 11) is 2.00. The highest BCUT2D eigenvalue weighted by atomic mass is 16.5. The van der Waals surface area contributed by atoms with E-state index in [9.17, 15) is 4.79 Å². The van der Waals surface area contributed by atoms with Crippen molar-refractivity contribution in [3.05, 3.63) is 12.2 Å². The molecule has 0 heterocycles. The van der Waals surface area contributed by atoms with Crippen molar-refractivity contribution in [2.24, 2.45) is 5.41 Å². The monoisotopic (exact) mass is 227 g/mol. The average molecular weight is 227 g/mol. The van der Waals surface area contributed by atoms with Crippen molar-refractivity contribution >= 4 is 5.97 Å². The van der Waals surface area contributed by atoms with Crippen LogP contribution in [0, 0.1) is 5.41 Å². The van der Waals surface area contributed by atoms with Crippen LogP contribution in [0.4, 0.5) is 0 Å². The van der Waals surface area contributed by atoms with Crippen LogP contribution < -0.4 is 0 Å². The van der Waals surface area contributed by atoms with Gasteiger partial charge < -0.3 is 4.74 Å². The van der Waals surface area contributed by atoms with Crippen molar-refractivity contribution < 1.29 is 9.53 Å². The molecule has 0 radical (unpaired) electrons. The molecule has 1 unspecified atom stereocenters. The van der Waals surface area contributed by atoms with Crippen LogP contribution in [-0.4, -0.2) is 37.1 Å². The molecular formula is C13H25NO2. The largest absolute Gasteiger partial charge is 0.463 e. The van der Waals surface area contributed by atoms with Crippen molar-refractivity contribution in [1.82, 2.24) is 4.90 Å². The lowest BCUT2D eigenvalue weighted by Gasteiger charge is -2.35. The fraction of sp³-hybridized carbons (Fsp3) is 0.769. The zero-order valence-corrected chi connectivity index (χ0v) is 11.5. The number of carbonyl (C=O) groups excluding carboxylic acids is 1. The summed E-state index contributed by atoms with van der Waals surface area (Å²) in [6.45, 7) is 15.2. The van der Waals surface area contributed by atoms with Gasteiger partial charge in [-0.3, -0.25) is 4.90 Å². The first-order valence-corrected chi connectivity index (χ1v) is 5.75. The summed E-state index contributed by atoms with van der Waals surface area (Å²) >= 11 is 0. The molecule has 0 saturated heterocycles. The van der Waals surface area contributed by atoms with E-state index in [1.807, 2.05) is 7.05 Å². The summed E-state index contributed by atoms with van der Waals surface area (Å²) < 4.78 is 4.90. The van der Waals surface area contributed by atoms with Gasteiger partial charge in [0.15, 0.2) is 0 Å². The van der Waals surface area contributed by atoms with Gasteiger partial charge in [0.05, 0.1) is 6.61 Å². The second-order valence-electron chi connectivity index (χ2n) is 5.28. The fourth-order valence-corrected chi connectivity index (χ4v) is 1.40. The molecule has 0 aromatic rings. The molecule has 0 aromatic carbocycles. The molecule has 3 heteroatoms. The van der Waals surface area contributed by atoms with Gasteiger partial charge in [-0.2, -0.15) is 0 Å². The Morgan fingerprint density at radius 2 is 1.94 bits per heavy atom. The lowest BCUT2D eigenvalue weighted by Crippen LogP contribution is -2.41. The molecule has 0 bridgehead atoms. The van der Waals surface area contributed by atoms with Crippen molar-refractivity contribution in [2.45, 2.75) is 40.7 Å². The predicted octanol–water partition coefficient (Wildman–Crippen LogP) is 2.47. The maximum atomic E-state index is 11.4. The summed E-state index contributed by atoms with van der Waals surface area (Å²) in [6, 6.07) is 0.374. The Kier molecular flexibility index (Phi) is 5.73. The smallest absolute Gasteiger partial charge is 0.334 e. The molecule has 0 aliphatic rings. The van der Waals surface area contributed by atoms with Crippen LogP contribution in [0.2, 0.25) is 0 Å². The highest BCUT2D eigenvalue weighted by molar-refractivity contribution is 5.88. The summed E-state index contributed by atoms with van der Waals surface area (Å²) in [5.41, 5.74) is 0.699. The average Bonchev–Trinajstić information content (AvgIpc) is 2.15.